The molecule has 1 saturated heterocycles. The van der Waals surface area contributed by atoms with Crippen LogP contribution in [0.1, 0.15) is 57.2 Å². The Balaban J connectivity index is 1.75. The maximum atomic E-state index is 9.93. The van der Waals surface area contributed by atoms with E-state index in [-0.39, 0.29) is 0 Å². The zero-order chi connectivity index (χ0) is 16.8. The van der Waals surface area contributed by atoms with E-state index in [0.717, 1.165) is 24.8 Å². The molecule has 0 saturated carbocycles. The van der Waals surface area contributed by atoms with E-state index in [9.17, 15) is 5.11 Å². The van der Waals surface area contributed by atoms with Crippen molar-refractivity contribution in [2.45, 2.75) is 58.4 Å². The minimum atomic E-state index is 0.371. The second kappa shape index (κ2) is 6.11. The van der Waals surface area contributed by atoms with Crippen LogP contribution < -0.4 is 0 Å². The van der Waals surface area contributed by atoms with Crippen molar-refractivity contribution < 1.29 is 5.11 Å². The molecule has 0 radical (unpaired) electrons. The van der Waals surface area contributed by atoms with Gasteiger partial charge in [0.2, 0.25) is 0 Å². The van der Waals surface area contributed by atoms with Gasteiger partial charge in [0.25, 0.3) is 0 Å². The molecule has 1 aromatic heterocycles. The summed E-state index contributed by atoms with van der Waals surface area (Å²) >= 11 is 0. The van der Waals surface area contributed by atoms with Crippen molar-refractivity contribution in [3.8, 4) is 5.75 Å². The van der Waals surface area contributed by atoms with E-state index in [4.69, 9.17) is 0 Å². The summed E-state index contributed by atoms with van der Waals surface area (Å²) in [6, 6.07) is 6.44. The molecule has 3 heterocycles. The Kier molecular flexibility index (Phi) is 4.07. The Morgan fingerprint density at radius 1 is 1.25 bits per heavy atom. The first kappa shape index (κ1) is 16.0. The molecule has 130 valence electrons. The predicted octanol–water partition coefficient (Wildman–Crippen LogP) is 4.66. The summed E-state index contributed by atoms with van der Waals surface area (Å²) in [5.41, 5.74) is 4.01. The first-order chi connectivity index (χ1) is 11.6. The van der Waals surface area contributed by atoms with Crippen LogP contribution in [0.4, 0.5) is 0 Å². The number of aromatic amines is 1. The molecule has 5 atom stereocenters. The number of phenolic OH excluding ortho intramolecular Hbond substituents is 1. The van der Waals surface area contributed by atoms with Crippen LogP contribution in [0.3, 0.4) is 0 Å². The zero-order valence-electron chi connectivity index (χ0n) is 15.2. The highest BCUT2D eigenvalue weighted by Gasteiger charge is 2.34. The lowest BCUT2D eigenvalue weighted by atomic mass is 9.78. The lowest BCUT2D eigenvalue weighted by Crippen LogP contribution is -2.47. The van der Waals surface area contributed by atoms with Gasteiger partial charge in [0.1, 0.15) is 5.75 Å². The Morgan fingerprint density at radius 2 is 2.08 bits per heavy atom. The van der Waals surface area contributed by atoms with Crippen molar-refractivity contribution in [3.63, 3.8) is 0 Å². The molecule has 1 aromatic carbocycles. The summed E-state index contributed by atoms with van der Waals surface area (Å²) in [7, 11) is 0. The van der Waals surface area contributed by atoms with E-state index in [2.05, 4.69) is 30.7 Å². The molecule has 2 aromatic rings. The Morgan fingerprint density at radius 3 is 2.88 bits per heavy atom. The quantitative estimate of drug-likeness (QED) is 0.800. The van der Waals surface area contributed by atoms with E-state index >= 15 is 0 Å². The van der Waals surface area contributed by atoms with Gasteiger partial charge in [-0.05, 0) is 67.7 Å². The predicted molar refractivity (Wildman–Crippen MR) is 99.6 cm³/mol. The summed E-state index contributed by atoms with van der Waals surface area (Å²) in [4.78, 5) is 6.40. The number of phenols is 1. The molecule has 0 amide bonds. The minimum absolute atomic E-state index is 0.371. The maximum Gasteiger partial charge on any atom is 0.116 e. The van der Waals surface area contributed by atoms with Gasteiger partial charge in [0.05, 0.1) is 0 Å². The SMILES string of the molecule is CCC1CC2CC(C)c3[nH]c4ccc(O)cc4c3CCN(C2)C1C. The van der Waals surface area contributed by atoms with Crippen LogP contribution in [0.5, 0.6) is 5.75 Å². The fraction of sp³-hybridized carbons (Fsp3) is 0.619. The molecular formula is C21H30N2O. The van der Waals surface area contributed by atoms with Crippen molar-refractivity contribution >= 4 is 10.9 Å². The van der Waals surface area contributed by atoms with Crippen molar-refractivity contribution in [3.05, 3.63) is 29.5 Å². The highest BCUT2D eigenvalue weighted by molar-refractivity contribution is 5.86. The number of nitrogens with zero attached hydrogens (tertiary/aromatic N) is 1. The maximum absolute atomic E-state index is 9.93. The molecule has 0 spiro atoms. The lowest BCUT2D eigenvalue weighted by Gasteiger charge is -2.43. The molecule has 2 aliphatic heterocycles. The van der Waals surface area contributed by atoms with Gasteiger partial charge in [0.15, 0.2) is 0 Å². The van der Waals surface area contributed by atoms with Crippen LogP contribution in [-0.2, 0) is 6.42 Å². The molecule has 4 rings (SSSR count). The molecule has 3 heteroatoms. The summed E-state index contributed by atoms with van der Waals surface area (Å²) in [6.45, 7) is 9.55. The van der Waals surface area contributed by atoms with Crippen LogP contribution in [0.25, 0.3) is 10.9 Å². The molecule has 1 fully saturated rings. The van der Waals surface area contributed by atoms with Crippen molar-refractivity contribution in [2.75, 3.05) is 13.1 Å². The normalized spacial score (nSPS) is 33.5. The highest BCUT2D eigenvalue weighted by Crippen LogP contribution is 2.39. The Hall–Kier alpha value is -1.48. The second-order valence-electron chi connectivity index (χ2n) is 8.14. The molecule has 2 aliphatic rings. The Bertz CT molecular complexity index is 735. The fourth-order valence-corrected chi connectivity index (χ4v) is 5.29. The number of nitrogens with one attached hydrogen (secondary N) is 1. The van der Waals surface area contributed by atoms with Gasteiger partial charge in [0, 0.05) is 35.7 Å². The van der Waals surface area contributed by atoms with Crippen LogP contribution in [0, 0.1) is 11.8 Å². The third-order valence-electron chi connectivity index (χ3n) is 6.66. The van der Waals surface area contributed by atoms with Crippen molar-refractivity contribution in [1.29, 1.82) is 0 Å². The molecule has 24 heavy (non-hydrogen) atoms. The van der Waals surface area contributed by atoms with Gasteiger partial charge in [-0.3, -0.25) is 4.90 Å². The van der Waals surface area contributed by atoms with Crippen molar-refractivity contribution in [2.24, 2.45) is 11.8 Å². The number of H-pyrrole nitrogens is 1. The topological polar surface area (TPSA) is 39.3 Å². The summed E-state index contributed by atoms with van der Waals surface area (Å²) in [5.74, 6) is 2.58. The number of piperidine rings is 1. The molecule has 0 aliphatic carbocycles. The van der Waals surface area contributed by atoms with Crippen LogP contribution >= 0.6 is 0 Å². The van der Waals surface area contributed by atoms with E-state index < -0.39 is 0 Å². The number of hydrogen-bond acceptors (Lipinski definition) is 2. The van der Waals surface area contributed by atoms with Gasteiger partial charge in [-0.2, -0.15) is 0 Å². The fourth-order valence-electron chi connectivity index (χ4n) is 5.29. The van der Waals surface area contributed by atoms with Gasteiger partial charge in [-0.25, -0.2) is 0 Å². The summed E-state index contributed by atoms with van der Waals surface area (Å²) in [6.07, 6.45) is 5.03. The van der Waals surface area contributed by atoms with Crippen LogP contribution in [0.15, 0.2) is 18.2 Å². The molecule has 5 unspecified atom stereocenters. The summed E-state index contributed by atoms with van der Waals surface area (Å²) in [5, 5.41) is 11.1. The van der Waals surface area contributed by atoms with Gasteiger partial charge in [-0.1, -0.05) is 20.3 Å². The third-order valence-corrected chi connectivity index (χ3v) is 6.66. The molecule has 2 N–H and O–H groups in total. The van der Waals surface area contributed by atoms with Crippen LogP contribution in [-0.4, -0.2) is 34.1 Å². The van der Waals surface area contributed by atoms with Gasteiger partial charge >= 0.3 is 0 Å². The number of aromatic nitrogens is 1. The van der Waals surface area contributed by atoms with E-state index in [0.29, 0.717) is 17.7 Å². The highest BCUT2D eigenvalue weighted by atomic mass is 16.3. The first-order valence-corrected chi connectivity index (χ1v) is 9.64. The average molecular weight is 326 g/mol. The van der Waals surface area contributed by atoms with Crippen LogP contribution in [0.2, 0.25) is 0 Å². The average Bonchev–Trinajstić information content (AvgIpc) is 2.93. The lowest BCUT2D eigenvalue weighted by molar-refractivity contribution is 0.0606. The summed E-state index contributed by atoms with van der Waals surface area (Å²) < 4.78 is 0. The number of hydrogen-bond donors (Lipinski definition) is 2. The van der Waals surface area contributed by atoms with E-state index in [1.807, 2.05) is 12.1 Å². The standard InChI is InChI=1S/C21H30N2O/c1-4-16-10-15-9-13(2)21-18(7-8-23(12-15)14(16)3)19-11-17(24)5-6-20(19)22-21/h5-6,11,13-16,22,24H,4,7-10,12H2,1-3H3. The number of fused-ring (bicyclic) bond motifs is 5. The smallest absolute Gasteiger partial charge is 0.116 e. The third kappa shape index (κ3) is 2.63. The monoisotopic (exact) mass is 326 g/mol. The number of aromatic hydroxyl groups is 1. The first-order valence-electron chi connectivity index (χ1n) is 9.64. The van der Waals surface area contributed by atoms with Crippen molar-refractivity contribution in [1.82, 2.24) is 9.88 Å². The Labute approximate surface area is 145 Å². The zero-order valence-corrected chi connectivity index (χ0v) is 15.2. The molecule has 2 bridgehead atoms. The molecule has 3 nitrogen and oxygen atoms in total. The largest absolute Gasteiger partial charge is 0.508 e. The van der Waals surface area contributed by atoms with Gasteiger partial charge in [-0.15, -0.1) is 0 Å². The minimum Gasteiger partial charge on any atom is -0.508 e. The van der Waals surface area contributed by atoms with E-state index in [1.54, 1.807) is 6.07 Å². The van der Waals surface area contributed by atoms with Gasteiger partial charge < -0.3 is 10.1 Å². The van der Waals surface area contributed by atoms with E-state index in [1.165, 1.54) is 48.0 Å². The second-order valence-corrected chi connectivity index (χ2v) is 8.14. The number of benzene rings is 1. The molecular weight excluding hydrogens is 296 g/mol. The number of rotatable bonds is 1.